The summed E-state index contributed by atoms with van der Waals surface area (Å²) in [6.45, 7) is 1.60. The first-order valence-corrected chi connectivity index (χ1v) is 12.0. The molecule has 3 atom stereocenters. The summed E-state index contributed by atoms with van der Waals surface area (Å²) in [6.07, 6.45) is 4.11. The molecule has 0 aliphatic carbocycles. The molecule has 34 heavy (non-hydrogen) atoms. The molecule has 0 spiro atoms. The number of carbonyl (C=O) groups is 4. The Bertz CT molecular complexity index is 864. The Kier molecular flexibility index (Phi) is 9.41. The molecule has 0 aromatic heterocycles. The van der Waals surface area contributed by atoms with E-state index in [0.29, 0.717) is 71.0 Å². The second kappa shape index (κ2) is 12.5. The zero-order valence-electron chi connectivity index (χ0n) is 19.3. The van der Waals surface area contributed by atoms with Gasteiger partial charge in [-0.25, -0.2) is 9.80 Å². The fraction of sp³-hybridized carbons (Fsp3) is 0.583. The molecule has 2 aliphatic heterocycles. The third-order valence-corrected chi connectivity index (χ3v) is 6.40. The van der Waals surface area contributed by atoms with Crippen molar-refractivity contribution in [2.75, 3.05) is 19.6 Å². The van der Waals surface area contributed by atoms with Crippen molar-refractivity contribution in [2.45, 2.75) is 69.5 Å². The maximum atomic E-state index is 13.0. The summed E-state index contributed by atoms with van der Waals surface area (Å²) in [5.74, 6) is -2.51. The van der Waals surface area contributed by atoms with Crippen LogP contribution in [0.25, 0.3) is 0 Å². The number of fused-ring (bicyclic) bond motifs is 1. The van der Waals surface area contributed by atoms with Crippen molar-refractivity contribution in [3.8, 4) is 0 Å². The first kappa shape index (κ1) is 25.6. The number of hydrogen-bond donors (Lipinski definition) is 4. The Morgan fingerprint density at radius 3 is 2.53 bits per heavy atom. The third-order valence-electron chi connectivity index (χ3n) is 6.40. The minimum atomic E-state index is -1.05. The van der Waals surface area contributed by atoms with Gasteiger partial charge in [0.15, 0.2) is 0 Å². The van der Waals surface area contributed by atoms with Crippen LogP contribution in [-0.2, 0) is 25.6 Å². The highest BCUT2D eigenvalue weighted by molar-refractivity contribution is 5.88. The average molecular weight is 475 g/mol. The van der Waals surface area contributed by atoms with Crippen molar-refractivity contribution >= 4 is 23.8 Å². The van der Waals surface area contributed by atoms with Crippen molar-refractivity contribution in [1.82, 2.24) is 20.7 Å². The van der Waals surface area contributed by atoms with Crippen LogP contribution in [-0.4, -0.2) is 81.7 Å². The van der Waals surface area contributed by atoms with Gasteiger partial charge >= 0.3 is 11.9 Å². The number of hydrogen-bond acceptors (Lipinski definition) is 6. The summed E-state index contributed by atoms with van der Waals surface area (Å²) < 4.78 is 0. The zero-order chi connectivity index (χ0) is 24.5. The van der Waals surface area contributed by atoms with E-state index in [9.17, 15) is 29.4 Å². The second-order valence-corrected chi connectivity index (χ2v) is 8.86. The number of nitrogens with zero attached hydrogens (tertiary/aromatic N) is 2. The number of aliphatic carboxylic acids is 2. The number of unbranched alkanes of at least 4 members (excludes halogenated alkanes) is 1. The van der Waals surface area contributed by atoms with E-state index < -0.39 is 30.1 Å². The Hall–Kier alpha value is -2.98. The van der Waals surface area contributed by atoms with Crippen molar-refractivity contribution < 1.29 is 29.4 Å². The van der Waals surface area contributed by atoms with Gasteiger partial charge in [-0.2, -0.15) is 0 Å². The number of aryl methyl sites for hydroxylation is 1. The van der Waals surface area contributed by atoms with E-state index in [1.165, 1.54) is 5.01 Å². The van der Waals surface area contributed by atoms with Gasteiger partial charge < -0.3 is 15.5 Å². The van der Waals surface area contributed by atoms with E-state index in [0.717, 1.165) is 5.56 Å². The Morgan fingerprint density at radius 2 is 1.82 bits per heavy atom. The minimum absolute atomic E-state index is 0.0383. The van der Waals surface area contributed by atoms with Gasteiger partial charge in [0.05, 0.1) is 6.04 Å². The van der Waals surface area contributed by atoms with E-state index >= 15 is 0 Å². The van der Waals surface area contributed by atoms with Crippen LogP contribution in [0.3, 0.4) is 0 Å². The lowest BCUT2D eigenvalue weighted by molar-refractivity contribution is -0.183. The van der Waals surface area contributed by atoms with Crippen LogP contribution in [0.5, 0.6) is 0 Å². The number of carbonyl (C=O) groups excluding carboxylic acids is 2. The van der Waals surface area contributed by atoms with E-state index in [4.69, 9.17) is 0 Å². The van der Waals surface area contributed by atoms with Crippen LogP contribution in [0.1, 0.15) is 50.5 Å². The number of nitrogens with one attached hydrogen (secondary N) is 2. The molecule has 2 fully saturated rings. The van der Waals surface area contributed by atoms with E-state index in [-0.39, 0.29) is 11.8 Å². The summed E-state index contributed by atoms with van der Waals surface area (Å²) in [5.41, 5.74) is 1.10. The van der Waals surface area contributed by atoms with E-state index in [1.54, 1.807) is 5.01 Å². The first-order valence-electron chi connectivity index (χ1n) is 12.0. The van der Waals surface area contributed by atoms with Gasteiger partial charge in [0, 0.05) is 26.1 Å². The summed E-state index contributed by atoms with van der Waals surface area (Å²) in [6, 6.07) is 7.23. The smallest absolute Gasteiger partial charge is 0.328 e. The summed E-state index contributed by atoms with van der Waals surface area (Å²) in [4.78, 5) is 48.3. The Labute approximate surface area is 199 Å². The van der Waals surface area contributed by atoms with Gasteiger partial charge in [0.1, 0.15) is 12.1 Å². The van der Waals surface area contributed by atoms with E-state index in [2.05, 4.69) is 10.6 Å². The SMILES string of the molecule is O=C(CCc1ccccc1)NCCCCC(NC1CCN2CCCC(C(=O)O)N2C1=O)C(=O)O. The Balaban J connectivity index is 1.40. The summed E-state index contributed by atoms with van der Waals surface area (Å²) in [5, 5.41) is 28.0. The molecule has 3 rings (SSSR count). The highest BCUT2D eigenvalue weighted by Gasteiger charge is 2.43. The predicted octanol–water partition coefficient (Wildman–Crippen LogP) is 1.01. The molecule has 2 aliphatic rings. The Morgan fingerprint density at radius 1 is 1.06 bits per heavy atom. The third kappa shape index (κ3) is 7.01. The van der Waals surface area contributed by atoms with Crippen LogP contribution in [0.2, 0.25) is 0 Å². The largest absolute Gasteiger partial charge is 0.480 e. The normalized spacial score (nSPS) is 21.5. The topological polar surface area (TPSA) is 139 Å². The van der Waals surface area contributed by atoms with Crippen LogP contribution in [0.15, 0.2) is 30.3 Å². The lowest BCUT2D eigenvalue weighted by Gasteiger charge is -2.47. The molecular formula is C24H34N4O6. The molecular weight excluding hydrogens is 440 g/mol. The van der Waals surface area contributed by atoms with Gasteiger partial charge in [-0.1, -0.05) is 30.3 Å². The molecule has 10 heteroatoms. The van der Waals surface area contributed by atoms with Gasteiger partial charge in [0.25, 0.3) is 5.91 Å². The van der Waals surface area contributed by atoms with Gasteiger partial charge in [0.2, 0.25) is 5.91 Å². The minimum Gasteiger partial charge on any atom is -0.480 e. The number of benzene rings is 1. The molecule has 0 saturated carbocycles. The van der Waals surface area contributed by atoms with Crippen molar-refractivity contribution in [3.63, 3.8) is 0 Å². The monoisotopic (exact) mass is 474 g/mol. The fourth-order valence-electron chi connectivity index (χ4n) is 4.56. The molecule has 2 amide bonds. The molecule has 3 unspecified atom stereocenters. The molecule has 0 bridgehead atoms. The second-order valence-electron chi connectivity index (χ2n) is 8.86. The maximum Gasteiger partial charge on any atom is 0.328 e. The molecule has 2 saturated heterocycles. The van der Waals surface area contributed by atoms with Crippen LogP contribution in [0, 0.1) is 0 Å². The first-order chi connectivity index (χ1) is 16.4. The molecule has 1 aromatic rings. The van der Waals surface area contributed by atoms with Crippen LogP contribution in [0.4, 0.5) is 0 Å². The molecule has 1 aromatic carbocycles. The number of carboxylic acids is 2. The van der Waals surface area contributed by atoms with Gasteiger partial charge in [-0.05, 0) is 50.5 Å². The predicted molar refractivity (Wildman–Crippen MR) is 124 cm³/mol. The van der Waals surface area contributed by atoms with E-state index in [1.807, 2.05) is 30.3 Å². The number of hydrazine groups is 1. The lowest BCUT2D eigenvalue weighted by Crippen LogP contribution is -2.67. The maximum absolute atomic E-state index is 13.0. The molecule has 0 radical (unpaired) electrons. The summed E-state index contributed by atoms with van der Waals surface area (Å²) in [7, 11) is 0. The fourth-order valence-corrected chi connectivity index (χ4v) is 4.56. The standard InChI is InChI=1S/C24H34N4O6/c29-21(12-11-17-7-2-1-3-8-17)25-14-5-4-9-19(23(31)32)26-18-13-16-27-15-6-10-20(24(33)34)28(27)22(18)30/h1-3,7-8,18-20,26H,4-6,9-16H2,(H,25,29)(H,31,32)(H,33,34). The molecule has 2 heterocycles. The van der Waals surface area contributed by atoms with Crippen LogP contribution >= 0.6 is 0 Å². The summed E-state index contributed by atoms with van der Waals surface area (Å²) >= 11 is 0. The van der Waals surface area contributed by atoms with Gasteiger partial charge in [-0.15, -0.1) is 0 Å². The highest BCUT2D eigenvalue weighted by Crippen LogP contribution is 2.24. The number of rotatable bonds is 12. The van der Waals surface area contributed by atoms with Crippen molar-refractivity contribution in [3.05, 3.63) is 35.9 Å². The molecule has 4 N–H and O–H groups in total. The molecule has 186 valence electrons. The highest BCUT2D eigenvalue weighted by atomic mass is 16.4. The number of carboxylic acid groups (broad SMARTS) is 2. The lowest BCUT2D eigenvalue weighted by atomic mass is 10.0. The quantitative estimate of drug-likeness (QED) is 0.329. The van der Waals surface area contributed by atoms with Crippen LogP contribution < -0.4 is 10.6 Å². The zero-order valence-corrected chi connectivity index (χ0v) is 19.3. The number of amides is 2. The average Bonchev–Trinajstić information content (AvgIpc) is 2.83. The van der Waals surface area contributed by atoms with Crippen molar-refractivity contribution in [2.24, 2.45) is 0 Å². The van der Waals surface area contributed by atoms with Gasteiger partial charge in [-0.3, -0.25) is 24.7 Å². The molecule has 10 nitrogen and oxygen atoms in total. The van der Waals surface area contributed by atoms with Crippen molar-refractivity contribution in [1.29, 1.82) is 0 Å².